The van der Waals surface area contributed by atoms with Gasteiger partial charge in [-0.2, -0.15) is 0 Å². The van der Waals surface area contributed by atoms with Crippen molar-refractivity contribution >= 4 is 28.9 Å². The van der Waals surface area contributed by atoms with Crippen molar-refractivity contribution < 1.29 is 9.72 Å². The van der Waals surface area contributed by atoms with Gasteiger partial charge in [0.2, 0.25) is 5.91 Å². The van der Waals surface area contributed by atoms with Gasteiger partial charge in [0, 0.05) is 18.2 Å². The average molecular weight is 298 g/mol. The molecule has 0 aliphatic carbocycles. The zero-order valence-electron chi connectivity index (χ0n) is 10.9. The molecule has 1 aliphatic rings. The van der Waals surface area contributed by atoms with Crippen LogP contribution in [0.4, 0.5) is 11.4 Å². The molecule has 6 nitrogen and oxygen atoms in total. The van der Waals surface area contributed by atoms with Crippen LogP contribution < -0.4 is 10.6 Å². The molecule has 0 saturated carbocycles. The normalized spacial score (nSPS) is 15.8. The molecule has 0 spiro atoms. The lowest BCUT2D eigenvalue weighted by atomic mass is 9.94. The van der Waals surface area contributed by atoms with Crippen LogP contribution in [0.25, 0.3) is 0 Å². The van der Waals surface area contributed by atoms with E-state index in [4.69, 9.17) is 11.6 Å². The standard InChI is InChI=1S/C13H16ClN3O3/c14-11-2-1-10(8-12(11)17(19)20)16-13(18)7-9-3-5-15-6-4-9/h1-2,8-9,15H,3-7H2,(H,16,18). The highest BCUT2D eigenvalue weighted by molar-refractivity contribution is 6.32. The van der Waals surface area contributed by atoms with Gasteiger partial charge in [-0.3, -0.25) is 14.9 Å². The first-order chi connectivity index (χ1) is 9.56. The molecule has 1 aromatic rings. The molecular formula is C13H16ClN3O3. The number of nitrogens with zero attached hydrogens (tertiary/aromatic N) is 1. The van der Waals surface area contributed by atoms with Gasteiger partial charge in [-0.1, -0.05) is 11.6 Å². The minimum atomic E-state index is -0.565. The van der Waals surface area contributed by atoms with Crippen LogP contribution in [0.2, 0.25) is 5.02 Å². The Labute approximate surface area is 121 Å². The van der Waals surface area contributed by atoms with Crippen molar-refractivity contribution in [2.45, 2.75) is 19.3 Å². The molecule has 1 saturated heterocycles. The summed E-state index contributed by atoms with van der Waals surface area (Å²) in [4.78, 5) is 22.1. The highest BCUT2D eigenvalue weighted by Crippen LogP contribution is 2.27. The Hall–Kier alpha value is -1.66. The molecule has 0 aromatic heterocycles. The molecule has 1 heterocycles. The summed E-state index contributed by atoms with van der Waals surface area (Å²) in [5.41, 5.74) is 0.200. The van der Waals surface area contributed by atoms with Gasteiger partial charge in [-0.05, 0) is 44.0 Å². The molecule has 20 heavy (non-hydrogen) atoms. The topological polar surface area (TPSA) is 84.3 Å². The maximum absolute atomic E-state index is 11.9. The van der Waals surface area contributed by atoms with Crippen LogP contribution in [0.1, 0.15) is 19.3 Å². The van der Waals surface area contributed by atoms with E-state index in [0.29, 0.717) is 18.0 Å². The van der Waals surface area contributed by atoms with Crippen molar-refractivity contribution in [1.82, 2.24) is 5.32 Å². The fourth-order valence-electron chi connectivity index (χ4n) is 2.29. The first kappa shape index (κ1) is 14.7. The van der Waals surface area contributed by atoms with E-state index in [2.05, 4.69) is 10.6 Å². The number of nitro groups is 1. The maximum atomic E-state index is 11.9. The molecule has 108 valence electrons. The summed E-state index contributed by atoms with van der Waals surface area (Å²) in [6.45, 7) is 1.87. The third kappa shape index (κ3) is 3.91. The molecule has 0 atom stereocenters. The fraction of sp³-hybridized carbons (Fsp3) is 0.462. The van der Waals surface area contributed by atoms with Crippen molar-refractivity contribution in [2.75, 3.05) is 18.4 Å². The highest BCUT2D eigenvalue weighted by Gasteiger charge is 2.18. The lowest BCUT2D eigenvalue weighted by Crippen LogP contribution is -2.30. The predicted molar refractivity (Wildman–Crippen MR) is 76.9 cm³/mol. The van der Waals surface area contributed by atoms with E-state index in [0.717, 1.165) is 25.9 Å². The number of piperidine rings is 1. The van der Waals surface area contributed by atoms with Crippen LogP contribution in [0.5, 0.6) is 0 Å². The molecule has 0 bridgehead atoms. The van der Waals surface area contributed by atoms with Crippen LogP contribution in [0.3, 0.4) is 0 Å². The molecule has 1 fully saturated rings. The predicted octanol–water partition coefficient (Wildman–Crippen LogP) is 2.58. The molecule has 0 unspecified atom stereocenters. The Morgan fingerprint density at radius 1 is 1.45 bits per heavy atom. The second-order valence-electron chi connectivity index (χ2n) is 4.87. The number of nitro benzene ring substituents is 1. The molecule has 0 radical (unpaired) electrons. The van der Waals surface area contributed by atoms with Crippen LogP contribution >= 0.6 is 11.6 Å². The van der Waals surface area contributed by atoms with Crippen LogP contribution in [0.15, 0.2) is 18.2 Å². The van der Waals surface area contributed by atoms with Crippen LogP contribution in [0, 0.1) is 16.0 Å². The lowest BCUT2D eigenvalue weighted by molar-refractivity contribution is -0.384. The average Bonchev–Trinajstić information content (AvgIpc) is 2.41. The Kier molecular flexibility index (Phi) is 4.92. The molecule has 2 N–H and O–H groups in total. The number of carbonyl (C=O) groups is 1. The van der Waals surface area contributed by atoms with Crippen molar-refractivity contribution in [3.8, 4) is 0 Å². The second kappa shape index (κ2) is 6.67. The minimum Gasteiger partial charge on any atom is -0.326 e. The summed E-state index contributed by atoms with van der Waals surface area (Å²) in [5.74, 6) is 0.257. The maximum Gasteiger partial charge on any atom is 0.289 e. The van der Waals surface area contributed by atoms with E-state index in [1.54, 1.807) is 6.07 Å². The number of halogens is 1. The Bertz CT molecular complexity index is 516. The quantitative estimate of drug-likeness (QED) is 0.661. The number of amides is 1. The summed E-state index contributed by atoms with van der Waals surface area (Å²) in [5, 5.41) is 16.8. The summed E-state index contributed by atoms with van der Waals surface area (Å²) in [6, 6.07) is 4.26. The van der Waals surface area contributed by atoms with Gasteiger partial charge in [0.1, 0.15) is 5.02 Å². The Balaban J connectivity index is 1.96. The number of rotatable bonds is 4. The minimum absolute atomic E-state index is 0.0614. The van der Waals surface area contributed by atoms with Crippen molar-refractivity contribution in [3.05, 3.63) is 33.3 Å². The smallest absolute Gasteiger partial charge is 0.289 e. The number of benzene rings is 1. The van der Waals surface area contributed by atoms with Gasteiger partial charge in [0.15, 0.2) is 0 Å². The molecule has 2 rings (SSSR count). The SMILES string of the molecule is O=C(CC1CCNCC1)Nc1ccc(Cl)c([N+](=O)[O-])c1. The molecule has 1 amide bonds. The van der Waals surface area contributed by atoms with Gasteiger partial charge in [-0.25, -0.2) is 0 Å². The Morgan fingerprint density at radius 3 is 2.80 bits per heavy atom. The van der Waals surface area contributed by atoms with Crippen molar-refractivity contribution in [3.63, 3.8) is 0 Å². The number of carbonyl (C=O) groups excluding carboxylic acids is 1. The first-order valence-electron chi connectivity index (χ1n) is 6.51. The van der Waals surface area contributed by atoms with Gasteiger partial charge in [-0.15, -0.1) is 0 Å². The van der Waals surface area contributed by atoms with Crippen LogP contribution in [-0.4, -0.2) is 23.9 Å². The summed E-state index contributed by atoms with van der Waals surface area (Å²) < 4.78 is 0. The number of nitrogens with one attached hydrogen (secondary N) is 2. The summed E-state index contributed by atoms with van der Waals surface area (Å²) in [7, 11) is 0. The number of hydrogen-bond donors (Lipinski definition) is 2. The van der Waals surface area contributed by atoms with Gasteiger partial charge < -0.3 is 10.6 Å². The molecular weight excluding hydrogens is 282 g/mol. The third-order valence-corrected chi connectivity index (χ3v) is 3.68. The molecule has 1 aliphatic heterocycles. The van der Waals surface area contributed by atoms with Crippen molar-refractivity contribution in [1.29, 1.82) is 0 Å². The number of anilines is 1. The van der Waals surface area contributed by atoms with E-state index < -0.39 is 4.92 Å². The summed E-state index contributed by atoms with van der Waals surface area (Å²) >= 11 is 5.72. The zero-order valence-corrected chi connectivity index (χ0v) is 11.7. The zero-order chi connectivity index (χ0) is 14.5. The van der Waals surface area contributed by atoms with E-state index in [9.17, 15) is 14.9 Å². The second-order valence-corrected chi connectivity index (χ2v) is 5.28. The summed E-state index contributed by atoms with van der Waals surface area (Å²) in [6.07, 6.45) is 2.40. The first-order valence-corrected chi connectivity index (χ1v) is 6.88. The van der Waals surface area contributed by atoms with E-state index >= 15 is 0 Å². The van der Waals surface area contributed by atoms with Gasteiger partial charge in [0.25, 0.3) is 5.69 Å². The van der Waals surface area contributed by atoms with E-state index in [1.165, 1.54) is 12.1 Å². The number of hydrogen-bond acceptors (Lipinski definition) is 4. The Morgan fingerprint density at radius 2 is 2.15 bits per heavy atom. The van der Waals surface area contributed by atoms with Crippen LogP contribution in [-0.2, 0) is 4.79 Å². The lowest BCUT2D eigenvalue weighted by Gasteiger charge is -2.21. The monoisotopic (exact) mass is 297 g/mol. The third-order valence-electron chi connectivity index (χ3n) is 3.36. The highest BCUT2D eigenvalue weighted by atomic mass is 35.5. The van der Waals surface area contributed by atoms with E-state index in [-0.39, 0.29) is 16.6 Å². The largest absolute Gasteiger partial charge is 0.326 e. The fourth-order valence-corrected chi connectivity index (χ4v) is 2.48. The molecule has 7 heteroatoms. The van der Waals surface area contributed by atoms with E-state index in [1.807, 2.05) is 0 Å². The molecule has 1 aromatic carbocycles. The van der Waals surface area contributed by atoms with Crippen molar-refractivity contribution in [2.24, 2.45) is 5.92 Å². The van der Waals surface area contributed by atoms with Gasteiger partial charge >= 0.3 is 0 Å². The van der Waals surface area contributed by atoms with Gasteiger partial charge in [0.05, 0.1) is 4.92 Å².